The summed E-state index contributed by atoms with van der Waals surface area (Å²) in [5, 5.41) is 4.03. The van der Waals surface area contributed by atoms with Gasteiger partial charge < -0.3 is 15.0 Å². The zero-order valence-corrected chi connectivity index (χ0v) is 13.2. The van der Waals surface area contributed by atoms with Crippen LogP contribution in [0.25, 0.3) is 11.4 Å². The van der Waals surface area contributed by atoms with E-state index in [9.17, 15) is 4.79 Å². The molecule has 0 spiro atoms. The number of carbonyl (C=O) groups excluding carboxylic acids is 1. The summed E-state index contributed by atoms with van der Waals surface area (Å²) in [5.74, 6) is 1.47. The lowest BCUT2D eigenvalue weighted by Gasteiger charge is -2.33. The minimum Gasteiger partial charge on any atom is -0.378 e. The second-order valence-corrected chi connectivity index (χ2v) is 5.97. The number of nitrogens with zero attached hydrogens (tertiary/aromatic N) is 2. The first kappa shape index (κ1) is 15.7. The summed E-state index contributed by atoms with van der Waals surface area (Å²) in [6.45, 7) is 2.79. The van der Waals surface area contributed by atoms with Gasteiger partial charge in [-0.2, -0.15) is 4.98 Å². The number of rotatable bonds is 7. The molecular weight excluding hydrogens is 294 g/mol. The first-order valence-electron chi connectivity index (χ1n) is 7.96. The Morgan fingerprint density at radius 2 is 2.09 bits per heavy atom. The highest BCUT2D eigenvalue weighted by Gasteiger charge is 2.31. The number of hydrogen-bond donors (Lipinski definition) is 1. The third kappa shape index (κ3) is 3.96. The van der Waals surface area contributed by atoms with Crippen molar-refractivity contribution in [2.45, 2.75) is 38.7 Å². The van der Waals surface area contributed by atoms with Crippen LogP contribution in [-0.4, -0.2) is 28.8 Å². The van der Waals surface area contributed by atoms with E-state index in [1.165, 1.54) is 0 Å². The summed E-state index contributed by atoms with van der Waals surface area (Å²) < 4.78 is 10.9. The topological polar surface area (TPSA) is 91.2 Å². The SMILES string of the molecule is CCOC1CC(Cc2nc(-c3ccc(CC(N)=O)cc3)no2)C1. The van der Waals surface area contributed by atoms with Gasteiger partial charge in [-0.3, -0.25) is 4.79 Å². The molecule has 0 saturated heterocycles. The van der Waals surface area contributed by atoms with Gasteiger partial charge in [0.1, 0.15) is 0 Å². The molecule has 0 unspecified atom stereocenters. The van der Waals surface area contributed by atoms with E-state index in [4.69, 9.17) is 15.0 Å². The number of benzene rings is 1. The predicted molar refractivity (Wildman–Crippen MR) is 84.5 cm³/mol. The van der Waals surface area contributed by atoms with Crippen LogP contribution in [-0.2, 0) is 22.4 Å². The van der Waals surface area contributed by atoms with Crippen molar-refractivity contribution < 1.29 is 14.1 Å². The Balaban J connectivity index is 1.58. The molecule has 1 aromatic heterocycles. The van der Waals surface area contributed by atoms with E-state index in [0.717, 1.165) is 37.0 Å². The third-order valence-corrected chi connectivity index (χ3v) is 4.12. The Morgan fingerprint density at radius 3 is 2.74 bits per heavy atom. The molecule has 2 N–H and O–H groups in total. The van der Waals surface area contributed by atoms with Gasteiger partial charge in [0.05, 0.1) is 12.5 Å². The van der Waals surface area contributed by atoms with Gasteiger partial charge in [-0.1, -0.05) is 29.4 Å². The Bertz CT molecular complexity index is 660. The van der Waals surface area contributed by atoms with Crippen molar-refractivity contribution in [3.8, 4) is 11.4 Å². The van der Waals surface area contributed by atoms with Gasteiger partial charge in [0, 0.05) is 18.6 Å². The smallest absolute Gasteiger partial charge is 0.227 e. The van der Waals surface area contributed by atoms with Crippen LogP contribution in [0.5, 0.6) is 0 Å². The molecule has 23 heavy (non-hydrogen) atoms. The second-order valence-electron chi connectivity index (χ2n) is 5.97. The van der Waals surface area contributed by atoms with Gasteiger partial charge >= 0.3 is 0 Å². The summed E-state index contributed by atoms with van der Waals surface area (Å²) >= 11 is 0. The molecule has 1 aliphatic rings. The highest BCUT2D eigenvalue weighted by molar-refractivity contribution is 5.76. The number of amides is 1. The van der Waals surface area contributed by atoms with Crippen molar-refractivity contribution in [3.05, 3.63) is 35.7 Å². The maximum atomic E-state index is 10.9. The molecular formula is C17H21N3O3. The summed E-state index contributed by atoms with van der Waals surface area (Å²) in [6.07, 6.45) is 3.56. The summed E-state index contributed by atoms with van der Waals surface area (Å²) in [5.41, 5.74) is 6.93. The fraction of sp³-hybridized carbons (Fsp3) is 0.471. The number of carbonyl (C=O) groups is 1. The fourth-order valence-corrected chi connectivity index (χ4v) is 2.89. The van der Waals surface area contributed by atoms with E-state index in [0.29, 0.717) is 23.7 Å². The van der Waals surface area contributed by atoms with E-state index >= 15 is 0 Å². The van der Waals surface area contributed by atoms with E-state index in [2.05, 4.69) is 10.1 Å². The highest BCUT2D eigenvalue weighted by Crippen LogP contribution is 2.32. The Hall–Kier alpha value is -2.21. The van der Waals surface area contributed by atoms with Crippen molar-refractivity contribution in [3.63, 3.8) is 0 Å². The Labute approximate surface area is 135 Å². The van der Waals surface area contributed by atoms with Crippen LogP contribution in [0.3, 0.4) is 0 Å². The minimum absolute atomic E-state index is 0.237. The van der Waals surface area contributed by atoms with Gasteiger partial charge in [0.25, 0.3) is 0 Å². The molecule has 0 atom stereocenters. The van der Waals surface area contributed by atoms with E-state index in [-0.39, 0.29) is 12.3 Å². The van der Waals surface area contributed by atoms with Crippen LogP contribution in [0.15, 0.2) is 28.8 Å². The fourth-order valence-electron chi connectivity index (χ4n) is 2.89. The predicted octanol–water partition coefficient (Wildman–Crippen LogP) is 2.12. The second kappa shape index (κ2) is 6.91. The molecule has 122 valence electrons. The van der Waals surface area contributed by atoms with Crippen molar-refractivity contribution >= 4 is 5.91 Å². The number of aromatic nitrogens is 2. The molecule has 2 aromatic rings. The Morgan fingerprint density at radius 1 is 1.35 bits per heavy atom. The lowest BCUT2D eigenvalue weighted by Crippen LogP contribution is -2.32. The number of ether oxygens (including phenoxy) is 1. The van der Waals surface area contributed by atoms with Gasteiger partial charge in [-0.25, -0.2) is 0 Å². The standard InChI is InChI=1S/C17H21N3O3/c1-2-22-14-7-12(8-14)10-16-19-17(20-23-16)13-5-3-11(4-6-13)9-15(18)21/h3-6,12,14H,2,7-10H2,1H3,(H2,18,21). The number of hydrogen-bond acceptors (Lipinski definition) is 5. The van der Waals surface area contributed by atoms with Crippen LogP contribution in [0.4, 0.5) is 0 Å². The van der Waals surface area contributed by atoms with Crippen LogP contribution < -0.4 is 5.73 Å². The number of nitrogens with two attached hydrogens (primary N) is 1. The van der Waals surface area contributed by atoms with E-state index in [1.54, 1.807) is 0 Å². The van der Waals surface area contributed by atoms with Gasteiger partial charge in [-0.05, 0) is 31.2 Å². The quantitative estimate of drug-likeness (QED) is 0.845. The summed E-state index contributed by atoms with van der Waals surface area (Å²) in [6, 6.07) is 7.46. The van der Waals surface area contributed by atoms with Crippen molar-refractivity contribution in [2.75, 3.05) is 6.61 Å². The highest BCUT2D eigenvalue weighted by atomic mass is 16.5. The molecule has 1 saturated carbocycles. The molecule has 1 amide bonds. The van der Waals surface area contributed by atoms with Crippen molar-refractivity contribution in [1.82, 2.24) is 10.1 Å². The molecule has 1 aliphatic carbocycles. The maximum absolute atomic E-state index is 10.9. The van der Waals surface area contributed by atoms with Crippen LogP contribution in [0.2, 0.25) is 0 Å². The molecule has 6 heteroatoms. The lowest BCUT2D eigenvalue weighted by molar-refractivity contribution is -0.117. The molecule has 0 bridgehead atoms. The molecule has 1 aromatic carbocycles. The van der Waals surface area contributed by atoms with Gasteiger partial charge in [0.15, 0.2) is 0 Å². The summed E-state index contributed by atoms with van der Waals surface area (Å²) in [7, 11) is 0. The first-order valence-corrected chi connectivity index (χ1v) is 7.96. The number of primary amides is 1. The van der Waals surface area contributed by atoms with E-state index in [1.807, 2.05) is 31.2 Å². The zero-order valence-electron chi connectivity index (χ0n) is 13.2. The monoisotopic (exact) mass is 315 g/mol. The van der Waals surface area contributed by atoms with E-state index < -0.39 is 0 Å². The largest absolute Gasteiger partial charge is 0.378 e. The third-order valence-electron chi connectivity index (χ3n) is 4.12. The maximum Gasteiger partial charge on any atom is 0.227 e. The van der Waals surface area contributed by atoms with Gasteiger partial charge in [0.2, 0.25) is 17.6 Å². The zero-order chi connectivity index (χ0) is 16.2. The van der Waals surface area contributed by atoms with Crippen molar-refractivity contribution in [2.24, 2.45) is 11.7 Å². The lowest BCUT2D eigenvalue weighted by atomic mass is 9.80. The summed E-state index contributed by atoms with van der Waals surface area (Å²) in [4.78, 5) is 15.4. The average Bonchev–Trinajstić information content (AvgIpc) is 2.94. The molecule has 0 radical (unpaired) electrons. The molecule has 3 rings (SSSR count). The first-order chi connectivity index (χ1) is 11.1. The molecule has 1 fully saturated rings. The van der Waals surface area contributed by atoms with Gasteiger partial charge in [-0.15, -0.1) is 0 Å². The van der Waals surface area contributed by atoms with Crippen LogP contribution in [0.1, 0.15) is 31.2 Å². The molecule has 1 heterocycles. The van der Waals surface area contributed by atoms with Crippen LogP contribution in [0, 0.1) is 5.92 Å². The molecule has 0 aliphatic heterocycles. The van der Waals surface area contributed by atoms with Crippen LogP contribution >= 0.6 is 0 Å². The van der Waals surface area contributed by atoms with Crippen molar-refractivity contribution in [1.29, 1.82) is 0 Å². The Kier molecular flexibility index (Phi) is 4.71. The average molecular weight is 315 g/mol. The minimum atomic E-state index is -0.342. The molecule has 6 nitrogen and oxygen atoms in total. The normalized spacial score (nSPS) is 20.2.